The van der Waals surface area contributed by atoms with E-state index in [9.17, 15) is 18.0 Å². The molecule has 3 heterocycles. The van der Waals surface area contributed by atoms with Crippen LogP contribution in [-0.4, -0.2) is 53.9 Å². The zero-order valence-corrected chi connectivity index (χ0v) is 20.5. The number of rotatable bonds is 7. The third-order valence-corrected chi connectivity index (χ3v) is 6.21. The molecule has 188 valence electrons. The highest BCUT2D eigenvalue weighted by Crippen LogP contribution is 2.32. The number of halogens is 3. The first kappa shape index (κ1) is 26.4. The Morgan fingerprint density at radius 1 is 1.29 bits per heavy atom. The summed E-state index contributed by atoms with van der Waals surface area (Å²) in [6.45, 7) is 11.2. The number of carbonyl (C=O) groups is 1. The van der Waals surface area contributed by atoms with Gasteiger partial charge < -0.3 is 10.2 Å². The van der Waals surface area contributed by atoms with Gasteiger partial charge in [0, 0.05) is 38.3 Å². The number of hydrogen-bond donors (Lipinski definition) is 1. The van der Waals surface area contributed by atoms with Crippen molar-refractivity contribution in [3.63, 3.8) is 0 Å². The molecule has 0 spiro atoms. The Bertz CT molecular complexity index is 1080. The minimum atomic E-state index is -4.44. The predicted octanol–water partition coefficient (Wildman–Crippen LogP) is 5.30. The highest BCUT2D eigenvalue weighted by Gasteiger charge is 2.31. The maximum Gasteiger partial charge on any atom is 0.416 e. The molecule has 1 aromatic heterocycles. The summed E-state index contributed by atoms with van der Waals surface area (Å²) in [6.07, 6.45) is 5.11. The molecule has 2 aliphatic heterocycles. The van der Waals surface area contributed by atoms with E-state index in [1.165, 1.54) is 13.0 Å². The summed E-state index contributed by atoms with van der Waals surface area (Å²) >= 11 is 0. The molecule has 1 N–H and O–H groups in total. The number of aromatic nitrogens is 2. The smallest absolute Gasteiger partial charge is 0.355 e. The van der Waals surface area contributed by atoms with E-state index in [4.69, 9.17) is 4.98 Å². The molecule has 3 rings (SSSR count). The zero-order chi connectivity index (χ0) is 25.6. The first-order valence-electron chi connectivity index (χ1n) is 11.9. The lowest BCUT2D eigenvalue weighted by atomic mass is 9.96. The molecule has 0 saturated carbocycles. The summed E-state index contributed by atoms with van der Waals surface area (Å²) < 4.78 is 39.4. The van der Waals surface area contributed by atoms with E-state index in [-0.39, 0.29) is 11.9 Å². The highest BCUT2D eigenvalue weighted by molar-refractivity contribution is 5.93. The van der Waals surface area contributed by atoms with Crippen LogP contribution < -0.4 is 10.2 Å². The Kier molecular flexibility index (Phi) is 8.64. The number of alkyl halides is 3. The third kappa shape index (κ3) is 6.68. The number of allylic oxidation sites excluding steroid dienone is 6. The molecule has 2 aliphatic rings. The van der Waals surface area contributed by atoms with Crippen molar-refractivity contribution in [1.82, 2.24) is 15.3 Å². The molecule has 0 radical (unpaired) electrons. The number of aliphatic imine (C=N–C) groups is 1. The van der Waals surface area contributed by atoms with Crippen LogP contribution >= 0.6 is 0 Å². The topological polar surface area (TPSA) is 70.5 Å². The van der Waals surface area contributed by atoms with Crippen molar-refractivity contribution < 1.29 is 18.0 Å². The fraction of sp³-hybridized carbons (Fsp3) is 0.462. The van der Waals surface area contributed by atoms with Crippen LogP contribution in [0.5, 0.6) is 0 Å². The zero-order valence-electron chi connectivity index (χ0n) is 20.5. The van der Waals surface area contributed by atoms with Crippen molar-refractivity contribution in [2.75, 3.05) is 24.5 Å². The molecule has 0 atom stereocenters. The molecule has 35 heavy (non-hydrogen) atoms. The maximum absolute atomic E-state index is 13.1. The molecule has 9 heteroatoms. The Morgan fingerprint density at radius 2 is 2.00 bits per heavy atom. The third-order valence-electron chi connectivity index (χ3n) is 6.21. The van der Waals surface area contributed by atoms with Gasteiger partial charge in [-0.3, -0.25) is 14.8 Å². The quantitative estimate of drug-likeness (QED) is 0.530. The lowest BCUT2D eigenvalue weighted by molar-refractivity contribution is -0.121. The molecule has 1 fully saturated rings. The fourth-order valence-corrected chi connectivity index (χ4v) is 4.14. The van der Waals surface area contributed by atoms with Crippen LogP contribution in [0.1, 0.15) is 57.8 Å². The van der Waals surface area contributed by atoms with Crippen LogP contribution in [-0.2, 0) is 4.79 Å². The van der Waals surface area contributed by atoms with Gasteiger partial charge >= 0.3 is 6.18 Å². The average molecular weight is 488 g/mol. The first-order chi connectivity index (χ1) is 16.6. The molecule has 1 saturated heterocycles. The van der Waals surface area contributed by atoms with Crippen molar-refractivity contribution in [2.24, 2.45) is 4.99 Å². The summed E-state index contributed by atoms with van der Waals surface area (Å²) in [7, 11) is 0. The van der Waals surface area contributed by atoms with Crippen LogP contribution in [0.2, 0.25) is 0 Å². The number of nitrogens with one attached hydrogen (secondary N) is 1. The number of nitrogens with zero attached hydrogens (tertiary/aromatic N) is 4. The first-order valence-corrected chi connectivity index (χ1v) is 11.9. The summed E-state index contributed by atoms with van der Waals surface area (Å²) in [5.41, 5.74) is 2.60. The normalized spacial score (nSPS) is 17.9. The average Bonchev–Trinajstić information content (AvgIpc) is 2.84. The largest absolute Gasteiger partial charge is 0.416 e. The van der Waals surface area contributed by atoms with E-state index >= 15 is 0 Å². The number of anilines is 1. The Morgan fingerprint density at radius 3 is 2.60 bits per heavy atom. The molecule has 0 bridgehead atoms. The number of hydrogen-bond acceptors (Lipinski definition) is 5. The van der Waals surface area contributed by atoms with Gasteiger partial charge in [-0.05, 0) is 55.9 Å². The number of dihydropyridines is 1. The molecule has 0 aromatic carbocycles. The minimum Gasteiger partial charge on any atom is -0.355 e. The standard InChI is InChI=1S/C26H32F3N5O/c1-5-19(26(27,28)29)8-7-17(3)24-25(21-9-12-30-15-18(21)4)33-22(16-31-24)34-13-10-20(11-14-34)32-23(35)6-2/h5,7-8,15-16,20H,3,6,9-14H2,1-2,4H3,(H,32,35)/b8-7-,19-5+. The monoisotopic (exact) mass is 487 g/mol. The van der Waals surface area contributed by atoms with Crippen molar-refractivity contribution in [3.8, 4) is 0 Å². The SMILES string of the molecule is C=C(/C=C\C(=C/C)C(F)(F)F)c1ncc(N2CCC(NC(=O)CC)CC2)nc1C1=C(C)C=NCC1. The molecule has 6 nitrogen and oxygen atoms in total. The summed E-state index contributed by atoms with van der Waals surface area (Å²) in [6, 6.07) is 0.143. The van der Waals surface area contributed by atoms with Gasteiger partial charge in [-0.25, -0.2) is 4.98 Å². The van der Waals surface area contributed by atoms with Gasteiger partial charge in [0.25, 0.3) is 0 Å². The van der Waals surface area contributed by atoms with Crippen LogP contribution in [0, 0.1) is 0 Å². The Labute approximate surface area is 204 Å². The second kappa shape index (κ2) is 11.5. The summed E-state index contributed by atoms with van der Waals surface area (Å²) in [5.74, 6) is 0.752. The molecule has 0 aliphatic carbocycles. The van der Waals surface area contributed by atoms with Crippen molar-refractivity contribution in [3.05, 3.63) is 53.5 Å². The van der Waals surface area contributed by atoms with E-state index in [2.05, 4.69) is 26.8 Å². The number of piperidine rings is 1. The van der Waals surface area contributed by atoms with Gasteiger partial charge in [-0.1, -0.05) is 25.7 Å². The van der Waals surface area contributed by atoms with Gasteiger partial charge in [0.15, 0.2) is 0 Å². The lowest BCUT2D eigenvalue weighted by Gasteiger charge is -2.33. The number of carbonyl (C=O) groups excluding carboxylic acids is 1. The van der Waals surface area contributed by atoms with Crippen LogP contribution in [0.15, 0.2) is 47.1 Å². The number of amides is 1. The van der Waals surface area contributed by atoms with Gasteiger partial charge in [-0.2, -0.15) is 13.2 Å². The Balaban J connectivity index is 1.90. The van der Waals surface area contributed by atoms with E-state index in [0.29, 0.717) is 42.2 Å². The van der Waals surface area contributed by atoms with E-state index in [0.717, 1.165) is 49.2 Å². The molecule has 1 aromatic rings. The molecular weight excluding hydrogens is 455 g/mol. The van der Waals surface area contributed by atoms with Crippen molar-refractivity contribution in [1.29, 1.82) is 0 Å². The molecular formula is C26H32F3N5O. The van der Waals surface area contributed by atoms with Gasteiger partial charge in [0.05, 0.1) is 23.2 Å². The van der Waals surface area contributed by atoms with Crippen molar-refractivity contribution in [2.45, 2.75) is 58.7 Å². The van der Waals surface area contributed by atoms with Crippen LogP contribution in [0.3, 0.4) is 0 Å². The maximum atomic E-state index is 13.1. The van der Waals surface area contributed by atoms with E-state index < -0.39 is 11.7 Å². The van der Waals surface area contributed by atoms with E-state index in [1.54, 1.807) is 12.4 Å². The second-order valence-corrected chi connectivity index (χ2v) is 8.65. The van der Waals surface area contributed by atoms with Crippen molar-refractivity contribution >= 4 is 29.1 Å². The summed E-state index contributed by atoms with van der Waals surface area (Å²) in [4.78, 5) is 27.7. The van der Waals surface area contributed by atoms with Gasteiger partial charge in [0.1, 0.15) is 5.82 Å². The highest BCUT2D eigenvalue weighted by atomic mass is 19.4. The minimum absolute atomic E-state index is 0.0504. The van der Waals surface area contributed by atoms with Crippen LogP contribution in [0.25, 0.3) is 11.1 Å². The van der Waals surface area contributed by atoms with Gasteiger partial charge in [-0.15, -0.1) is 0 Å². The molecule has 0 unspecified atom stereocenters. The second-order valence-electron chi connectivity index (χ2n) is 8.65. The predicted molar refractivity (Wildman–Crippen MR) is 134 cm³/mol. The summed E-state index contributed by atoms with van der Waals surface area (Å²) in [5, 5.41) is 3.04. The van der Waals surface area contributed by atoms with Gasteiger partial charge in [0.2, 0.25) is 5.91 Å². The fourth-order valence-electron chi connectivity index (χ4n) is 4.14. The molecule has 1 amide bonds. The van der Waals surface area contributed by atoms with Crippen LogP contribution in [0.4, 0.5) is 19.0 Å². The Hall–Kier alpha value is -3.23. The lowest BCUT2D eigenvalue weighted by Crippen LogP contribution is -2.44. The van der Waals surface area contributed by atoms with E-state index in [1.807, 2.05) is 13.8 Å².